The highest BCUT2D eigenvalue weighted by molar-refractivity contribution is 9.10. The molecule has 88 valence electrons. The third-order valence-corrected chi connectivity index (χ3v) is 4.84. The van der Waals surface area contributed by atoms with Crippen LogP contribution < -0.4 is 10.6 Å². The Hall–Kier alpha value is -0.350. The second-order valence-electron chi connectivity index (χ2n) is 4.28. The molecule has 1 heterocycles. The number of halogens is 1. The zero-order valence-corrected chi connectivity index (χ0v) is 12.1. The van der Waals surface area contributed by atoms with Crippen LogP contribution in [0.3, 0.4) is 0 Å². The number of nitrogens with two attached hydrogens (primary N) is 1. The summed E-state index contributed by atoms with van der Waals surface area (Å²) in [5, 5.41) is 0. The molecule has 1 aromatic rings. The largest absolute Gasteiger partial charge is 0.398 e. The van der Waals surface area contributed by atoms with E-state index in [-0.39, 0.29) is 0 Å². The highest BCUT2D eigenvalue weighted by Gasteiger charge is 2.21. The van der Waals surface area contributed by atoms with Crippen molar-refractivity contribution >= 4 is 39.1 Å². The first kappa shape index (κ1) is 12.1. The van der Waals surface area contributed by atoms with Gasteiger partial charge in [0.2, 0.25) is 0 Å². The predicted molar refractivity (Wildman–Crippen MR) is 77.4 cm³/mol. The molecule has 1 unspecified atom stereocenters. The summed E-state index contributed by atoms with van der Waals surface area (Å²) < 4.78 is 1.11. The van der Waals surface area contributed by atoms with Gasteiger partial charge in [0.1, 0.15) is 0 Å². The Morgan fingerprint density at radius 1 is 1.50 bits per heavy atom. The van der Waals surface area contributed by atoms with Crippen LogP contribution in [0.4, 0.5) is 11.4 Å². The second kappa shape index (κ2) is 4.88. The van der Waals surface area contributed by atoms with Crippen molar-refractivity contribution in [2.24, 2.45) is 0 Å². The summed E-state index contributed by atoms with van der Waals surface area (Å²) in [6.45, 7) is 5.46. The smallest absolute Gasteiger partial charge is 0.0517 e. The molecule has 1 aromatic carbocycles. The molecule has 1 saturated heterocycles. The molecule has 0 bridgehead atoms. The topological polar surface area (TPSA) is 29.3 Å². The van der Waals surface area contributed by atoms with E-state index in [2.05, 4.69) is 40.7 Å². The van der Waals surface area contributed by atoms with E-state index in [1.807, 2.05) is 17.8 Å². The number of anilines is 2. The lowest BCUT2D eigenvalue weighted by Gasteiger charge is -2.36. The van der Waals surface area contributed by atoms with Crippen molar-refractivity contribution in [1.82, 2.24) is 0 Å². The SMILES string of the molecule is Cc1cc(N2CCSCC2C)c(Br)cc1N. The Morgan fingerprint density at radius 3 is 2.94 bits per heavy atom. The average Bonchev–Trinajstić information content (AvgIpc) is 2.25. The molecule has 4 heteroatoms. The van der Waals surface area contributed by atoms with Gasteiger partial charge >= 0.3 is 0 Å². The molecule has 0 aliphatic carbocycles. The van der Waals surface area contributed by atoms with Crippen molar-refractivity contribution in [3.8, 4) is 0 Å². The average molecular weight is 301 g/mol. The van der Waals surface area contributed by atoms with Crippen LogP contribution in [0.15, 0.2) is 16.6 Å². The Labute approximate surface area is 110 Å². The van der Waals surface area contributed by atoms with Gasteiger partial charge in [0.05, 0.1) is 5.69 Å². The molecule has 2 rings (SSSR count). The maximum absolute atomic E-state index is 5.90. The summed E-state index contributed by atoms with van der Waals surface area (Å²) in [5.74, 6) is 2.41. The minimum atomic E-state index is 0.595. The summed E-state index contributed by atoms with van der Waals surface area (Å²) in [4.78, 5) is 2.47. The van der Waals surface area contributed by atoms with Gasteiger partial charge in [-0.15, -0.1) is 0 Å². The maximum Gasteiger partial charge on any atom is 0.0517 e. The van der Waals surface area contributed by atoms with Crippen LogP contribution in [0.5, 0.6) is 0 Å². The number of nitrogens with zero attached hydrogens (tertiary/aromatic N) is 1. The first-order chi connectivity index (χ1) is 7.59. The lowest BCUT2D eigenvalue weighted by Crippen LogP contribution is -2.40. The molecule has 0 spiro atoms. The number of rotatable bonds is 1. The van der Waals surface area contributed by atoms with Crippen LogP contribution in [0.1, 0.15) is 12.5 Å². The highest BCUT2D eigenvalue weighted by Crippen LogP contribution is 2.33. The molecule has 0 saturated carbocycles. The molecule has 16 heavy (non-hydrogen) atoms. The maximum atomic E-state index is 5.90. The summed E-state index contributed by atoms with van der Waals surface area (Å²) >= 11 is 5.65. The minimum absolute atomic E-state index is 0.595. The molecule has 2 N–H and O–H groups in total. The van der Waals surface area contributed by atoms with Gasteiger partial charge in [0.25, 0.3) is 0 Å². The van der Waals surface area contributed by atoms with Gasteiger partial charge in [-0.1, -0.05) is 0 Å². The van der Waals surface area contributed by atoms with Gasteiger partial charge in [-0.2, -0.15) is 11.8 Å². The van der Waals surface area contributed by atoms with E-state index in [0.717, 1.165) is 22.3 Å². The van der Waals surface area contributed by atoms with E-state index in [4.69, 9.17) is 5.73 Å². The highest BCUT2D eigenvalue weighted by atomic mass is 79.9. The Morgan fingerprint density at radius 2 is 2.25 bits per heavy atom. The summed E-state index contributed by atoms with van der Waals surface area (Å²) in [6, 6.07) is 4.79. The van der Waals surface area contributed by atoms with Gasteiger partial charge in [-0.3, -0.25) is 0 Å². The van der Waals surface area contributed by atoms with Crippen LogP contribution >= 0.6 is 27.7 Å². The summed E-state index contributed by atoms with van der Waals surface area (Å²) in [6.07, 6.45) is 0. The Balaban J connectivity index is 2.35. The third-order valence-electron chi connectivity index (χ3n) is 3.01. The van der Waals surface area contributed by atoms with Crippen LogP contribution in [0.2, 0.25) is 0 Å². The fraction of sp³-hybridized carbons (Fsp3) is 0.500. The van der Waals surface area contributed by atoms with Crippen molar-refractivity contribution in [3.63, 3.8) is 0 Å². The second-order valence-corrected chi connectivity index (χ2v) is 6.28. The zero-order valence-electron chi connectivity index (χ0n) is 9.66. The van der Waals surface area contributed by atoms with E-state index in [1.165, 1.54) is 17.2 Å². The molecule has 0 amide bonds. The lowest BCUT2D eigenvalue weighted by molar-refractivity contribution is 0.698. The van der Waals surface area contributed by atoms with Gasteiger partial charge in [-0.05, 0) is 47.5 Å². The first-order valence-corrected chi connectivity index (χ1v) is 7.44. The van der Waals surface area contributed by atoms with E-state index in [0.29, 0.717) is 6.04 Å². The Kier molecular flexibility index (Phi) is 3.70. The van der Waals surface area contributed by atoms with E-state index < -0.39 is 0 Å². The van der Waals surface area contributed by atoms with Crippen molar-refractivity contribution in [2.45, 2.75) is 19.9 Å². The van der Waals surface area contributed by atoms with E-state index in [1.54, 1.807) is 0 Å². The molecule has 0 radical (unpaired) electrons. The van der Waals surface area contributed by atoms with E-state index >= 15 is 0 Å². The summed E-state index contributed by atoms with van der Waals surface area (Å²) in [7, 11) is 0. The van der Waals surface area contributed by atoms with Gasteiger partial charge in [0, 0.05) is 34.3 Å². The fourth-order valence-corrected chi connectivity index (χ4v) is 3.59. The van der Waals surface area contributed by atoms with Crippen LogP contribution in [0, 0.1) is 6.92 Å². The van der Waals surface area contributed by atoms with Crippen LogP contribution in [-0.4, -0.2) is 24.1 Å². The van der Waals surface area contributed by atoms with Crippen molar-refractivity contribution in [3.05, 3.63) is 22.2 Å². The minimum Gasteiger partial charge on any atom is -0.398 e. The normalized spacial score (nSPS) is 21.2. The quantitative estimate of drug-likeness (QED) is 0.807. The van der Waals surface area contributed by atoms with Crippen molar-refractivity contribution in [1.29, 1.82) is 0 Å². The standard InChI is InChI=1S/C12H17BrN2S/c1-8-5-12(10(13)6-11(8)14)15-3-4-16-7-9(15)2/h5-6,9H,3-4,7,14H2,1-2H3. The number of thioether (sulfide) groups is 1. The molecule has 1 fully saturated rings. The van der Waals surface area contributed by atoms with Gasteiger partial charge in [-0.25, -0.2) is 0 Å². The van der Waals surface area contributed by atoms with Crippen LogP contribution in [0.25, 0.3) is 0 Å². The Bertz CT molecular complexity index is 395. The molecular formula is C12H17BrN2S. The predicted octanol–water partition coefficient (Wildman–Crippen LogP) is 3.28. The number of nitrogen functional groups attached to an aromatic ring is 1. The van der Waals surface area contributed by atoms with Crippen molar-refractivity contribution < 1.29 is 0 Å². The monoisotopic (exact) mass is 300 g/mol. The lowest BCUT2D eigenvalue weighted by atomic mass is 10.1. The van der Waals surface area contributed by atoms with Crippen molar-refractivity contribution in [2.75, 3.05) is 28.7 Å². The number of hydrogen-bond donors (Lipinski definition) is 1. The molecule has 0 aromatic heterocycles. The molecular weight excluding hydrogens is 284 g/mol. The molecule has 1 aliphatic heterocycles. The fourth-order valence-electron chi connectivity index (χ4n) is 1.99. The number of aryl methyl sites for hydroxylation is 1. The zero-order chi connectivity index (χ0) is 11.7. The molecule has 2 nitrogen and oxygen atoms in total. The number of benzene rings is 1. The summed E-state index contributed by atoms with van der Waals surface area (Å²) in [5.41, 5.74) is 9.19. The molecule has 1 atom stereocenters. The van der Waals surface area contributed by atoms with Crippen LogP contribution in [-0.2, 0) is 0 Å². The molecule has 1 aliphatic rings. The first-order valence-electron chi connectivity index (χ1n) is 5.49. The van der Waals surface area contributed by atoms with E-state index in [9.17, 15) is 0 Å². The third kappa shape index (κ3) is 2.33. The van der Waals surface area contributed by atoms with Gasteiger partial charge in [0.15, 0.2) is 0 Å². The van der Waals surface area contributed by atoms with Gasteiger partial charge < -0.3 is 10.6 Å². The number of hydrogen-bond acceptors (Lipinski definition) is 3.